The maximum absolute atomic E-state index is 4.31. The van der Waals surface area contributed by atoms with Gasteiger partial charge in [-0.05, 0) is 38.1 Å². The maximum Gasteiger partial charge on any atom is 0.0889 e. The summed E-state index contributed by atoms with van der Waals surface area (Å²) in [6, 6.07) is 15.7. The van der Waals surface area contributed by atoms with Crippen molar-refractivity contribution in [1.82, 2.24) is 19.9 Å². The fourth-order valence-corrected chi connectivity index (χ4v) is 2.10. The Balaban J connectivity index is 0.000000160. The summed E-state index contributed by atoms with van der Waals surface area (Å²) in [7, 11) is 0. The highest BCUT2D eigenvalue weighted by atomic mass is 16.0. The van der Waals surface area contributed by atoms with Gasteiger partial charge in [-0.1, -0.05) is 24.3 Å². The number of aryl methyl sites for hydroxylation is 2. The van der Waals surface area contributed by atoms with Crippen molar-refractivity contribution in [1.29, 1.82) is 0 Å². The van der Waals surface area contributed by atoms with Crippen molar-refractivity contribution < 1.29 is 5.48 Å². The molecule has 0 aliphatic rings. The smallest absolute Gasteiger partial charge is 0.0889 e. The Kier molecular flexibility index (Phi) is 5.28. The van der Waals surface area contributed by atoms with E-state index < -0.39 is 0 Å². The van der Waals surface area contributed by atoms with Gasteiger partial charge in [0.1, 0.15) is 0 Å². The van der Waals surface area contributed by atoms with E-state index in [1.165, 1.54) is 0 Å². The monoisotopic (exact) mass is 306 g/mol. The van der Waals surface area contributed by atoms with Gasteiger partial charge in [-0.25, -0.2) is 9.97 Å². The zero-order valence-corrected chi connectivity index (χ0v) is 13.1. The van der Waals surface area contributed by atoms with Crippen molar-refractivity contribution in [3.05, 3.63) is 72.3 Å². The van der Waals surface area contributed by atoms with Crippen LogP contribution in [0.1, 0.15) is 11.4 Å². The topological polar surface area (TPSA) is 83.1 Å². The fraction of sp³-hybridized carbons (Fsp3) is 0.111. The van der Waals surface area contributed by atoms with Gasteiger partial charge in [0, 0.05) is 12.4 Å². The lowest BCUT2D eigenvalue weighted by atomic mass is 10.3. The summed E-state index contributed by atoms with van der Waals surface area (Å²) in [6.45, 7) is 3.89. The minimum atomic E-state index is 0. The lowest BCUT2D eigenvalue weighted by molar-refractivity contribution is 0.824. The Labute approximate surface area is 134 Å². The van der Waals surface area contributed by atoms with Gasteiger partial charge < -0.3 is 5.48 Å². The lowest BCUT2D eigenvalue weighted by Crippen LogP contribution is -1.85. The molecule has 23 heavy (non-hydrogen) atoms. The Hall–Kier alpha value is -2.92. The van der Waals surface area contributed by atoms with Gasteiger partial charge in [-0.15, -0.1) is 0 Å². The largest absolute Gasteiger partial charge is 0.412 e. The van der Waals surface area contributed by atoms with Gasteiger partial charge in [0.05, 0.1) is 33.5 Å². The zero-order chi connectivity index (χ0) is 15.4. The fourth-order valence-electron chi connectivity index (χ4n) is 2.10. The predicted molar refractivity (Wildman–Crippen MR) is 92.2 cm³/mol. The molecular formula is C18H18N4O. The number of nitrogens with zero attached hydrogens (tertiary/aromatic N) is 4. The molecule has 0 amide bonds. The third kappa shape index (κ3) is 4.05. The molecule has 0 spiro atoms. The van der Waals surface area contributed by atoms with Gasteiger partial charge in [-0.2, -0.15) is 0 Å². The first kappa shape index (κ1) is 16.5. The average molecular weight is 306 g/mol. The molecule has 2 aromatic heterocycles. The standard InChI is InChI=1S/2C9H8N2.H2O/c2*1-7-6-10-8-4-2-3-5-9(8)11-7;/h2*2-6H,1H3;1H2. The summed E-state index contributed by atoms with van der Waals surface area (Å²) in [5, 5.41) is 0. The Morgan fingerprint density at radius 1 is 0.565 bits per heavy atom. The average Bonchev–Trinajstić information content (AvgIpc) is 2.55. The second kappa shape index (κ2) is 7.38. The molecule has 0 unspecified atom stereocenters. The molecular weight excluding hydrogens is 288 g/mol. The second-order valence-electron chi connectivity index (χ2n) is 5.00. The summed E-state index contributed by atoms with van der Waals surface area (Å²) >= 11 is 0. The summed E-state index contributed by atoms with van der Waals surface area (Å²) < 4.78 is 0. The van der Waals surface area contributed by atoms with Crippen LogP contribution in [0.15, 0.2) is 60.9 Å². The first-order valence-electron chi connectivity index (χ1n) is 7.09. The Morgan fingerprint density at radius 3 is 1.30 bits per heavy atom. The van der Waals surface area contributed by atoms with Gasteiger partial charge in [0.2, 0.25) is 0 Å². The van der Waals surface area contributed by atoms with Crippen LogP contribution in [-0.2, 0) is 0 Å². The van der Waals surface area contributed by atoms with Crippen LogP contribution in [0.5, 0.6) is 0 Å². The maximum atomic E-state index is 4.31. The summed E-state index contributed by atoms with van der Waals surface area (Å²) in [6.07, 6.45) is 3.56. The first-order chi connectivity index (χ1) is 10.7. The predicted octanol–water partition coefficient (Wildman–Crippen LogP) is 3.05. The number of rotatable bonds is 0. The van der Waals surface area contributed by atoms with E-state index in [9.17, 15) is 0 Å². The van der Waals surface area contributed by atoms with E-state index in [4.69, 9.17) is 0 Å². The third-order valence-corrected chi connectivity index (χ3v) is 3.14. The van der Waals surface area contributed by atoms with Gasteiger partial charge >= 0.3 is 0 Å². The van der Waals surface area contributed by atoms with E-state index in [0.29, 0.717) is 0 Å². The van der Waals surface area contributed by atoms with E-state index in [2.05, 4.69) is 19.9 Å². The van der Waals surface area contributed by atoms with Gasteiger partial charge in [0.15, 0.2) is 0 Å². The highest BCUT2D eigenvalue weighted by molar-refractivity contribution is 5.74. The third-order valence-electron chi connectivity index (χ3n) is 3.14. The van der Waals surface area contributed by atoms with E-state index in [1.807, 2.05) is 62.4 Å². The lowest BCUT2D eigenvalue weighted by Gasteiger charge is -1.95. The first-order valence-corrected chi connectivity index (χ1v) is 7.09. The van der Waals surface area contributed by atoms with E-state index in [0.717, 1.165) is 33.5 Å². The molecule has 116 valence electrons. The molecule has 2 heterocycles. The molecule has 0 fully saturated rings. The number of aromatic nitrogens is 4. The highest BCUT2D eigenvalue weighted by Gasteiger charge is 1.93. The molecule has 0 atom stereocenters. The number of hydrogen-bond acceptors (Lipinski definition) is 4. The second-order valence-corrected chi connectivity index (χ2v) is 5.00. The molecule has 0 aliphatic heterocycles. The van der Waals surface area contributed by atoms with Crippen LogP contribution < -0.4 is 0 Å². The molecule has 5 nitrogen and oxygen atoms in total. The Morgan fingerprint density at radius 2 is 0.913 bits per heavy atom. The van der Waals surface area contributed by atoms with Crippen LogP contribution in [0.3, 0.4) is 0 Å². The molecule has 0 aliphatic carbocycles. The molecule has 0 saturated heterocycles. The minimum Gasteiger partial charge on any atom is -0.412 e. The van der Waals surface area contributed by atoms with Crippen molar-refractivity contribution in [2.75, 3.05) is 0 Å². The van der Waals surface area contributed by atoms with Crippen molar-refractivity contribution >= 4 is 22.1 Å². The van der Waals surface area contributed by atoms with Crippen molar-refractivity contribution in [2.24, 2.45) is 0 Å². The van der Waals surface area contributed by atoms with Crippen LogP contribution in [0.2, 0.25) is 0 Å². The van der Waals surface area contributed by atoms with Gasteiger partial charge in [0.25, 0.3) is 0 Å². The van der Waals surface area contributed by atoms with Crippen LogP contribution in [0.25, 0.3) is 22.1 Å². The molecule has 2 N–H and O–H groups in total. The molecule has 4 rings (SSSR count). The molecule has 0 saturated carbocycles. The summed E-state index contributed by atoms with van der Waals surface area (Å²) in [5.74, 6) is 0. The highest BCUT2D eigenvalue weighted by Crippen LogP contribution is 2.07. The normalized spacial score (nSPS) is 9.83. The SMILES string of the molecule is Cc1cnc2ccccc2n1.Cc1cnc2ccccc2n1.O. The van der Waals surface area contributed by atoms with E-state index in [1.54, 1.807) is 12.4 Å². The molecule has 0 bridgehead atoms. The quantitative estimate of drug-likeness (QED) is 0.500. The van der Waals surface area contributed by atoms with Crippen LogP contribution >= 0.6 is 0 Å². The summed E-state index contributed by atoms with van der Waals surface area (Å²) in [4.78, 5) is 17.1. The number of benzene rings is 2. The number of para-hydroxylation sites is 4. The van der Waals surface area contributed by atoms with Crippen LogP contribution in [0, 0.1) is 13.8 Å². The van der Waals surface area contributed by atoms with Crippen molar-refractivity contribution in [3.63, 3.8) is 0 Å². The van der Waals surface area contributed by atoms with E-state index in [-0.39, 0.29) is 5.48 Å². The van der Waals surface area contributed by atoms with Crippen LogP contribution in [-0.4, -0.2) is 25.4 Å². The molecule has 4 aromatic rings. The van der Waals surface area contributed by atoms with Crippen molar-refractivity contribution in [2.45, 2.75) is 13.8 Å². The van der Waals surface area contributed by atoms with Crippen molar-refractivity contribution in [3.8, 4) is 0 Å². The van der Waals surface area contributed by atoms with E-state index >= 15 is 0 Å². The Bertz CT molecular complexity index is 847. The van der Waals surface area contributed by atoms with Crippen LogP contribution in [0.4, 0.5) is 0 Å². The van der Waals surface area contributed by atoms with Gasteiger partial charge in [-0.3, -0.25) is 9.97 Å². The molecule has 0 radical (unpaired) electrons. The zero-order valence-electron chi connectivity index (χ0n) is 13.1. The molecule has 5 heteroatoms. The summed E-state index contributed by atoms with van der Waals surface area (Å²) in [5.41, 5.74) is 5.77. The number of fused-ring (bicyclic) bond motifs is 2. The minimum absolute atomic E-state index is 0. The number of hydrogen-bond donors (Lipinski definition) is 0. The molecule has 2 aromatic carbocycles.